The van der Waals surface area contributed by atoms with Crippen LogP contribution < -0.4 is 10.2 Å². The lowest BCUT2D eigenvalue weighted by molar-refractivity contribution is 0.525. The average molecular weight is 279 g/mol. The van der Waals surface area contributed by atoms with Crippen LogP contribution in [0.3, 0.4) is 0 Å². The second kappa shape index (κ2) is 7.75. The Morgan fingerprint density at radius 3 is 2.89 bits per heavy atom. The van der Waals surface area contributed by atoms with Crippen LogP contribution in [0.2, 0.25) is 0 Å². The molecule has 2 heterocycles. The highest BCUT2D eigenvalue weighted by Gasteiger charge is 2.12. The minimum Gasteiger partial charge on any atom is -0.369 e. The lowest BCUT2D eigenvalue weighted by atomic mass is 10.1. The smallest absolute Gasteiger partial charge is 0.0574 e. The number of hydrogen-bond donors (Lipinski definition) is 1. The van der Waals surface area contributed by atoms with Gasteiger partial charge in [-0.25, -0.2) is 0 Å². The number of hydrogen-bond acceptors (Lipinski definition) is 4. The molecule has 0 bridgehead atoms. The van der Waals surface area contributed by atoms with Gasteiger partial charge in [-0.15, -0.1) is 0 Å². The summed E-state index contributed by atoms with van der Waals surface area (Å²) < 4.78 is 0. The van der Waals surface area contributed by atoms with Crippen molar-refractivity contribution in [3.63, 3.8) is 0 Å². The Labute approximate surface area is 121 Å². The monoisotopic (exact) mass is 279 g/mol. The number of thioether (sulfide) groups is 1. The fraction of sp³-hybridized carbons (Fsp3) is 0.667. The minimum atomic E-state index is 0.388. The zero-order valence-electron chi connectivity index (χ0n) is 12.1. The molecule has 1 N–H and O–H groups in total. The van der Waals surface area contributed by atoms with Crippen LogP contribution in [0.1, 0.15) is 38.4 Å². The largest absolute Gasteiger partial charge is 0.369 e. The van der Waals surface area contributed by atoms with Crippen molar-refractivity contribution in [1.29, 1.82) is 0 Å². The van der Waals surface area contributed by atoms with E-state index in [1.165, 1.54) is 30.2 Å². The predicted molar refractivity (Wildman–Crippen MR) is 85.1 cm³/mol. The summed E-state index contributed by atoms with van der Waals surface area (Å²) in [5, 5.41) is 3.48. The number of rotatable bonds is 5. The Bertz CT molecular complexity index is 358. The molecule has 0 amide bonds. The molecule has 0 aromatic carbocycles. The van der Waals surface area contributed by atoms with Gasteiger partial charge in [0.25, 0.3) is 0 Å². The Kier molecular flexibility index (Phi) is 5.98. The van der Waals surface area contributed by atoms with E-state index >= 15 is 0 Å². The number of pyridine rings is 1. The van der Waals surface area contributed by atoms with Gasteiger partial charge in [0.2, 0.25) is 0 Å². The number of aromatic nitrogens is 1. The molecule has 1 atom stereocenters. The lowest BCUT2D eigenvalue weighted by Crippen LogP contribution is -2.26. The number of nitrogens with one attached hydrogen (secondary N) is 1. The quantitative estimate of drug-likeness (QED) is 0.896. The van der Waals surface area contributed by atoms with E-state index in [9.17, 15) is 0 Å². The van der Waals surface area contributed by atoms with Crippen molar-refractivity contribution in [2.24, 2.45) is 0 Å². The molecule has 19 heavy (non-hydrogen) atoms. The molecular weight excluding hydrogens is 254 g/mol. The van der Waals surface area contributed by atoms with E-state index in [0.717, 1.165) is 25.2 Å². The van der Waals surface area contributed by atoms with Crippen molar-refractivity contribution in [2.75, 3.05) is 36.0 Å². The second-order valence-electron chi connectivity index (χ2n) is 4.91. The van der Waals surface area contributed by atoms with Gasteiger partial charge in [0.15, 0.2) is 0 Å². The third-order valence-electron chi connectivity index (χ3n) is 3.57. The molecule has 1 saturated heterocycles. The first-order valence-electron chi connectivity index (χ1n) is 7.37. The van der Waals surface area contributed by atoms with Gasteiger partial charge < -0.3 is 10.2 Å². The van der Waals surface area contributed by atoms with Gasteiger partial charge in [-0.2, -0.15) is 11.8 Å². The highest BCUT2D eigenvalue weighted by Crippen LogP contribution is 2.21. The molecule has 1 aliphatic heterocycles. The fourth-order valence-corrected chi connectivity index (χ4v) is 3.39. The summed E-state index contributed by atoms with van der Waals surface area (Å²) >= 11 is 2.06. The van der Waals surface area contributed by atoms with Crippen LogP contribution in [0.5, 0.6) is 0 Å². The number of nitrogens with zero attached hydrogens (tertiary/aromatic N) is 2. The van der Waals surface area contributed by atoms with Crippen molar-refractivity contribution in [3.05, 3.63) is 24.0 Å². The first-order chi connectivity index (χ1) is 9.35. The average Bonchev–Trinajstić information content (AvgIpc) is 2.74. The third kappa shape index (κ3) is 4.11. The van der Waals surface area contributed by atoms with Crippen LogP contribution in [0.15, 0.2) is 18.3 Å². The third-order valence-corrected chi connectivity index (χ3v) is 4.62. The molecule has 0 radical (unpaired) electrons. The summed E-state index contributed by atoms with van der Waals surface area (Å²) in [5.41, 5.74) is 2.44. The highest BCUT2D eigenvalue weighted by molar-refractivity contribution is 7.99. The summed E-state index contributed by atoms with van der Waals surface area (Å²) in [6, 6.07) is 4.81. The van der Waals surface area contributed by atoms with Crippen molar-refractivity contribution < 1.29 is 0 Å². The number of anilines is 1. The van der Waals surface area contributed by atoms with Crippen molar-refractivity contribution >= 4 is 17.4 Å². The normalized spacial score (nSPS) is 18.1. The Morgan fingerprint density at radius 2 is 2.21 bits per heavy atom. The topological polar surface area (TPSA) is 28.2 Å². The van der Waals surface area contributed by atoms with E-state index in [4.69, 9.17) is 0 Å². The van der Waals surface area contributed by atoms with E-state index in [2.05, 4.69) is 52.9 Å². The van der Waals surface area contributed by atoms with E-state index in [0.29, 0.717) is 6.04 Å². The standard InChI is InChI=1S/C15H25N3S/c1-3-14(16-4-2)15-7-6-13(12-17-15)18-8-5-10-19-11-9-18/h6-7,12,14,16H,3-5,8-11H2,1-2H3. The van der Waals surface area contributed by atoms with Gasteiger partial charge in [0.1, 0.15) is 0 Å². The van der Waals surface area contributed by atoms with Gasteiger partial charge in [-0.1, -0.05) is 13.8 Å². The minimum absolute atomic E-state index is 0.388. The summed E-state index contributed by atoms with van der Waals surface area (Å²) in [6.07, 6.45) is 4.41. The highest BCUT2D eigenvalue weighted by atomic mass is 32.2. The van der Waals surface area contributed by atoms with Crippen molar-refractivity contribution in [2.45, 2.75) is 32.7 Å². The molecule has 106 valence electrons. The maximum atomic E-state index is 4.66. The predicted octanol–water partition coefficient (Wildman–Crippen LogP) is 3.09. The Morgan fingerprint density at radius 1 is 1.32 bits per heavy atom. The van der Waals surface area contributed by atoms with Gasteiger partial charge in [-0.05, 0) is 37.3 Å². The van der Waals surface area contributed by atoms with E-state index in [1.807, 2.05) is 6.20 Å². The van der Waals surface area contributed by atoms with E-state index < -0.39 is 0 Å². The molecule has 0 spiro atoms. The van der Waals surface area contributed by atoms with Crippen molar-refractivity contribution in [1.82, 2.24) is 10.3 Å². The lowest BCUT2D eigenvalue weighted by Gasteiger charge is -2.23. The van der Waals surface area contributed by atoms with Gasteiger partial charge >= 0.3 is 0 Å². The molecule has 1 aromatic rings. The van der Waals surface area contributed by atoms with Crippen LogP contribution in [-0.4, -0.2) is 36.1 Å². The van der Waals surface area contributed by atoms with Crippen LogP contribution >= 0.6 is 11.8 Å². The Hall–Kier alpha value is -0.740. The van der Waals surface area contributed by atoms with Gasteiger partial charge in [0, 0.05) is 24.9 Å². The van der Waals surface area contributed by atoms with E-state index in [-0.39, 0.29) is 0 Å². The molecule has 1 aromatic heterocycles. The molecule has 0 aliphatic carbocycles. The van der Waals surface area contributed by atoms with Crippen LogP contribution in [0, 0.1) is 0 Å². The first kappa shape index (κ1) is 14.7. The molecule has 0 saturated carbocycles. The molecule has 4 heteroatoms. The molecule has 1 aliphatic rings. The van der Waals surface area contributed by atoms with Gasteiger partial charge in [-0.3, -0.25) is 4.98 Å². The molecule has 1 unspecified atom stereocenters. The van der Waals surface area contributed by atoms with Crippen LogP contribution in [0.4, 0.5) is 5.69 Å². The maximum Gasteiger partial charge on any atom is 0.0574 e. The van der Waals surface area contributed by atoms with Crippen LogP contribution in [0.25, 0.3) is 0 Å². The fourth-order valence-electron chi connectivity index (χ4n) is 2.50. The molecule has 1 fully saturated rings. The second-order valence-corrected chi connectivity index (χ2v) is 6.14. The maximum absolute atomic E-state index is 4.66. The molecular formula is C15H25N3S. The van der Waals surface area contributed by atoms with Gasteiger partial charge in [0.05, 0.1) is 17.6 Å². The molecule has 2 rings (SSSR count). The Balaban J connectivity index is 2.04. The summed E-state index contributed by atoms with van der Waals surface area (Å²) in [7, 11) is 0. The summed E-state index contributed by atoms with van der Waals surface area (Å²) in [6.45, 7) is 7.65. The summed E-state index contributed by atoms with van der Waals surface area (Å²) in [4.78, 5) is 7.13. The van der Waals surface area contributed by atoms with E-state index in [1.54, 1.807) is 0 Å². The molecule has 3 nitrogen and oxygen atoms in total. The zero-order chi connectivity index (χ0) is 13.5. The first-order valence-corrected chi connectivity index (χ1v) is 8.52. The SMILES string of the molecule is CCNC(CC)c1ccc(N2CCCSCC2)cn1. The zero-order valence-corrected chi connectivity index (χ0v) is 12.9. The summed E-state index contributed by atoms with van der Waals surface area (Å²) in [5.74, 6) is 2.52. The van der Waals surface area contributed by atoms with Crippen LogP contribution in [-0.2, 0) is 0 Å². The van der Waals surface area contributed by atoms with Crippen molar-refractivity contribution in [3.8, 4) is 0 Å².